The Bertz CT molecular complexity index is 442. The number of aliphatic hydroxyl groups is 1. The van der Waals surface area contributed by atoms with Crippen molar-refractivity contribution in [3.05, 3.63) is 35.6 Å². The molecule has 0 spiro atoms. The average Bonchev–Trinajstić information content (AvgIpc) is 2.40. The summed E-state index contributed by atoms with van der Waals surface area (Å²) in [5.41, 5.74) is 6.69. The van der Waals surface area contributed by atoms with Gasteiger partial charge in [-0.25, -0.2) is 4.39 Å². The summed E-state index contributed by atoms with van der Waals surface area (Å²) in [7, 11) is 0. The summed E-state index contributed by atoms with van der Waals surface area (Å²) in [6, 6.07) is 6.31. The number of morpholine rings is 1. The minimum absolute atomic E-state index is 0.00563. The topological polar surface area (TPSA) is 58.7 Å². The van der Waals surface area contributed by atoms with Gasteiger partial charge in [-0.2, -0.15) is 0 Å². The van der Waals surface area contributed by atoms with Gasteiger partial charge in [-0.3, -0.25) is 4.90 Å². The first kappa shape index (κ1) is 15.4. The van der Waals surface area contributed by atoms with Crippen LogP contribution in [-0.4, -0.2) is 48.0 Å². The van der Waals surface area contributed by atoms with Crippen molar-refractivity contribution in [1.82, 2.24) is 4.90 Å². The fraction of sp³-hybridized carbons (Fsp3) is 0.600. The molecule has 20 heavy (non-hydrogen) atoms. The Morgan fingerprint density at radius 2 is 2.15 bits per heavy atom. The second-order valence-electron chi connectivity index (χ2n) is 5.53. The monoisotopic (exact) mass is 282 g/mol. The quantitative estimate of drug-likeness (QED) is 0.874. The molecular formula is C15H23FN2O2. The van der Waals surface area contributed by atoms with Crippen LogP contribution in [0.15, 0.2) is 24.3 Å². The van der Waals surface area contributed by atoms with Crippen LogP contribution in [0.2, 0.25) is 0 Å². The number of benzene rings is 1. The van der Waals surface area contributed by atoms with Crippen LogP contribution < -0.4 is 5.73 Å². The maximum absolute atomic E-state index is 14.1. The molecule has 4 atom stereocenters. The van der Waals surface area contributed by atoms with E-state index in [0.717, 1.165) is 0 Å². The molecule has 0 amide bonds. The smallest absolute Gasteiger partial charge is 0.128 e. The first-order chi connectivity index (χ1) is 9.52. The number of hydrogen-bond donors (Lipinski definition) is 2. The molecule has 1 saturated heterocycles. The third-order valence-corrected chi connectivity index (χ3v) is 3.67. The molecule has 5 heteroatoms. The Morgan fingerprint density at radius 1 is 1.45 bits per heavy atom. The summed E-state index contributed by atoms with van der Waals surface area (Å²) < 4.78 is 19.7. The lowest BCUT2D eigenvalue weighted by molar-refractivity contribution is -0.108. The molecule has 0 saturated carbocycles. The summed E-state index contributed by atoms with van der Waals surface area (Å²) in [5, 5.41) is 9.32. The van der Waals surface area contributed by atoms with Gasteiger partial charge in [0, 0.05) is 24.7 Å². The van der Waals surface area contributed by atoms with Gasteiger partial charge in [-0.1, -0.05) is 18.2 Å². The predicted octanol–water partition coefficient (Wildman–Crippen LogP) is 1.30. The van der Waals surface area contributed by atoms with Crippen LogP contribution in [0, 0.1) is 5.82 Å². The Hall–Kier alpha value is -1.01. The summed E-state index contributed by atoms with van der Waals surface area (Å²) in [6.45, 7) is 5.03. The maximum atomic E-state index is 14.1. The number of ether oxygens (including phenoxy) is 1. The predicted molar refractivity (Wildman–Crippen MR) is 75.8 cm³/mol. The van der Waals surface area contributed by atoms with Gasteiger partial charge in [0.05, 0.1) is 24.9 Å². The summed E-state index contributed by atoms with van der Waals surface area (Å²) in [4.78, 5) is 2.11. The Kier molecular flexibility index (Phi) is 5.10. The van der Waals surface area contributed by atoms with Crippen LogP contribution in [0.25, 0.3) is 0 Å². The first-order valence-corrected chi connectivity index (χ1v) is 7.03. The minimum Gasteiger partial charge on any atom is -0.394 e. The Balaban J connectivity index is 2.27. The lowest BCUT2D eigenvalue weighted by atomic mass is 9.97. The van der Waals surface area contributed by atoms with Gasteiger partial charge in [0.1, 0.15) is 5.82 Å². The molecule has 3 N–H and O–H groups in total. The van der Waals surface area contributed by atoms with E-state index in [1.807, 2.05) is 19.9 Å². The molecule has 4 nitrogen and oxygen atoms in total. The maximum Gasteiger partial charge on any atom is 0.128 e. The molecule has 0 aliphatic carbocycles. The molecule has 1 heterocycles. The van der Waals surface area contributed by atoms with E-state index in [9.17, 15) is 9.50 Å². The SMILES string of the molecule is CC1CN(C(c2ccccc2F)C(C)N)CC(CO)O1. The third-order valence-electron chi connectivity index (χ3n) is 3.67. The zero-order chi connectivity index (χ0) is 14.7. The Labute approximate surface area is 119 Å². The van der Waals surface area contributed by atoms with E-state index in [-0.39, 0.29) is 36.7 Å². The number of halogens is 1. The van der Waals surface area contributed by atoms with Crippen LogP contribution in [0.4, 0.5) is 4.39 Å². The summed E-state index contributed by atoms with van der Waals surface area (Å²) in [5.74, 6) is -0.241. The number of aliphatic hydroxyl groups excluding tert-OH is 1. The molecule has 2 rings (SSSR count). The minimum atomic E-state index is -0.244. The molecule has 0 aromatic heterocycles. The van der Waals surface area contributed by atoms with Crippen molar-refractivity contribution in [3.63, 3.8) is 0 Å². The highest BCUT2D eigenvalue weighted by Crippen LogP contribution is 2.28. The van der Waals surface area contributed by atoms with Gasteiger partial charge >= 0.3 is 0 Å². The van der Waals surface area contributed by atoms with E-state index < -0.39 is 0 Å². The van der Waals surface area contributed by atoms with Gasteiger partial charge in [0.2, 0.25) is 0 Å². The summed E-state index contributed by atoms with van der Waals surface area (Å²) in [6.07, 6.45) is -0.249. The third kappa shape index (κ3) is 3.35. The summed E-state index contributed by atoms with van der Waals surface area (Å²) >= 11 is 0. The molecule has 0 bridgehead atoms. The van der Waals surface area contributed by atoms with Crippen LogP contribution >= 0.6 is 0 Å². The van der Waals surface area contributed by atoms with Crippen molar-refractivity contribution < 1.29 is 14.2 Å². The average molecular weight is 282 g/mol. The lowest BCUT2D eigenvalue weighted by Gasteiger charge is -2.42. The fourth-order valence-electron chi connectivity index (χ4n) is 2.94. The van der Waals surface area contributed by atoms with Gasteiger partial charge in [-0.05, 0) is 19.9 Å². The van der Waals surface area contributed by atoms with E-state index >= 15 is 0 Å². The van der Waals surface area contributed by atoms with Crippen LogP contribution in [0.3, 0.4) is 0 Å². The second-order valence-corrected chi connectivity index (χ2v) is 5.53. The number of nitrogens with zero attached hydrogens (tertiary/aromatic N) is 1. The van der Waals surface area contributed by atoms with E-state index in [1.165, 1.54) is 6.07 Å². The molecule has 112 valence electrons. The molecule has 1 fully saturated rings. The lowest BCUT2D eigenvalue weighted by Crippen LogP contribution is -2.52. The highest BCUT2D eigenvalue weighted by molar-refractivity contribution is 5.23. The molecule has 1 aromatic rings. The van der Waals surface area contributed by atoms with Gasteiger partial charge in [0.25, 0.3) is 0 Å². The van der Waals surface area contributed by atoms with E-state index in [1.54, 1.807) is 12.1 Å². The van der Waals surface area contributed by atoms with Crippen molar-refractivity contribution in [2.75, 3.05) is 19.7 Å². The van der Waals surface area contributed by atoms with E-state index in [0.29, 0.717) is 18.7 Å². The normalized spacial score (nSPS) is 27.2. The van der Waals surface area contributed by atoms with Crippen molar-refractivity contribution in [1.29, 1.82) is 0 Å². The highest BCUT2D eigenvalue weighted by atomic mass is 19.1. The first-order valence-electron chi connectivity index (χ1n) is 7.03. The molecule has 4 unspecified atom stereocenters. The fourth-order valence-corrected chi connectivity index (χ4v) is 2.94. The van der Waals surface area contributed by atoms with Crippen molar-refractivity contribution in [2.45, 2.75) is 38.1 Å². The zero-order valence-electron chi connectivity index (χ0n) is 12.0. The number of rotatable bonds is 4. The molecule has 0 radical (unpaired) electrons. The standard InChI is InChI=1S/C15H23FN2O2/c1-10-7-18(8-12(9-19)20-10)15(11(2)17)13-5-3-4-6-14(13)16/h3-6,10-12,15,19H,7-9,17H2,1-2H3. The van der Waals surface area contributed by atoms with Crippen LogP contribution in [-0.2, 0) is 4.74 Å². The van der Waals surface area contributed by atoms with Crippen molar-refractivity contribution >= 4 is 0 Å². The van der Waals surface area contributed by atoms with E-state index in [2.05, 4.69) is 4.90 Å². The molecule has 1 aromatic carbocycles. The second kappa shape index (κ2) is 6.63. The van der Waals surface area contributed by atoms with Crippen molar-refractivity contribution in [2.24, 2.45) is 5.73 Å². The number of nitrogens with two attached hydrogens (primary N) is 1. The largest absolute Gasteiger partial charge is 0.394 e. The van der Waals surface area contributed by atoms with Crippen LogP contribution in [0.5, 0.6) is 0 Å². The van der Waals surface area contributed by atoms with E-state index in [4.69, 9.17) is 10.5 Å². The zero-order valence-corrected chi connectivity index (χ0v) is 12.0. The van der Waals surface area contributed by atoms with Gasteiger partial charge in [-0.15, -0.1) is 0 Å². The number of hydrogen-bond acceptors (Lipinski definition) is 4. The van der Waals surface area contributed by atoms with Crippen LogP contribution in [0.1, 0.15) is 25.5 Å². The molecule has 1 aliphatic rings. The highest BCUT2D eigenvalue weighted by Gasteiger charge is 2.33. The molecular weight excluding hydrogens is 259 g/mol. The van der Waals surface area contributed by atoms with Gasteiger partial charge < -0.3 is 15.6 Å². The Morgan fingerprint density at radius 3 is 2.75 bits per heavy atom. The molecule has 1 aliphatic heterocycles. The van der Waals surface area contributed by atoms with Crippen molar-refractivity contribution in [3.8, 4) is 0 Å². The van der Waals surface area contributed by atoms with Gasteiger partial charge in [0.15, 0.2) is 0 Å².